The van der Waals surface area contributed by atoms with Crippen LogP contribution in [0.25, 0.3) is 0 Å². The van der Waals surface area contributed by atoms with Gasteiger partial charge >= 0.3 is 0 Å². The molecule has 0 saturated heterocycles. The average molecular weight is 388 g/mol. The van der Waals surface area contributed by atoms with Gasteiger partial charge in [0.1, 0.15) is 23.1 Å². The highest BCUT2D eigenvalue weighted by Crippen LogP contribution is 2.19. The van der Waals surface area contributed by atoms with Crippen LogP contribution in [0.2, 0.25) is 0 Å². The van der Waals surface area contributed by atoms with Crippen molar-refractivity contribution in [3.8, 4) is 0 Å². The van der Waals surface area contributed by atoms with Crippen molar-refractivity contribution in [3.05, 3.63) is 58.1 Å². The average Bonchev–Trinajstić information content (AvgIpc) is 2.94. The molecular formula is C16H14BrN5O2. The molecule has 0 aliphatic carbocycles. The first kappa shape index (κ1) is 16.1. The maximum absolute atomic E-state index is 12.3. The summed E-state index contributed by atoms with van der Waals surface area (Å²) in [6.45, 7) is 3.47. The highest BCUT2D eigenvalue weighted by molar-refractivity contribution is 9.10. The summed E-state index contributed by atoms with van der Waals surface area (Å²) in [6, 6.07) is 10.8. The van der Waals surface area contributed by atoms with Crippen LogP contribution in [0.4, 0.5) is 17.3 Å². The Kier molecular flexibility index (Phi) is 4.57. The molecule has 7 nitrogen and oxygen atoms in total. The van der Waals surface area contributed by atoms with Gasteiger partial charge in [0.05, 0.1) is 0 Å². The highest BCUT2D eigenvalue weighted by atomic mass is 79.9. The molecule has 3 aromatic rings. The summed E-state index contributed by atoms with van der Waals surface area (Å²) in [7, 11) is 0. The van der Waals surface area contributed by atoms with Crippen molar-refractivity contribution in [2.75, 3.05) is 10.6 Å². The minimum atomic E-state index is -0.382. The molecule has 122 valence electrons. The van der Waals surface area contributed by atoms with E-state index in [1.165, 1.54) is 0 Å². The molecule has 2 aromatic heterocycles. The van der Waals surface area contributed by atoms with Crippen LogP contribution in [0.1, 0.15) is 22.1 Å². The molecule has 8 heteroatoms. The summed E-state index contributed by atoms with van der Waals surface area (Å²) in [5.41, 5.74) is 1.09. The third-order valence-electron chi connectivity index (χ3n) is 3.06. The summed E-state index contributed by atoms with van der Waals surface area (Å²) in [5.74, 6) is 1.59. The molecule has 0 fully saturated rings. The molecule has 1 amide bonds. The lowest BCUT2D eigenvalue weighted by Gasteiger charge is -2.08. The zero-order valence-electron chi connectivity index (χ0n) is 13.0. The van der Waals surface area contributed by atoms with Gasteiger partial charge in [-0.25, -0.2) is 9.97 Å². The van der Waals surface area contributed by atoms with Gasteiger partial charge in [-0.15, -0.1) is 0 Å². The van der Waals surface area contributed by atoms with Gasteiger partial charge in [-0.3, -0.25) is 4.79 Å². The molecular weight excluding hydrogens is 374 g/mol. The largest absolute Gasteiger partial charge is 0.360 e. The molecule has 0 aliphatic heterocycles. The summed E-state index contributed by atoms with van der Waals surface area (Å²) < 4.78 is 5.91. The second-order valence-electron chi connectivity index (χ2n) is 5.09. The van der Waals surface area contributed by atoms with E-state index in [0.29, 0.717) is 23.2 Å². The van der Waals surface area contributed by atoms with Crippen molar-refractivity contribution in [2.45, 2.75) is 13.8 Å². The lowest BCUT2D eigenvalue weighted by atomic mass is 10.3. The highest BCUT2D eigenvalue weighted by Gasteiger charge is 2.13. The van der Waals surface area contributed by atoms with Gasteiger partial charge in [0.2, 0.25) is 0 Å². The number of aryl methyl sites for hydroxylation is 2. The molecule has 0 atom stereocenters. The van der Waals surface area contributed by atoms with E-state index in [0.717, 1.165) is 10.2 Å². The number of nitrogens with zero attached hydrogens (tertiary/aromatic N) is 3. The quantitative estimate of drug-likeness (QED) is 0.706. The standard InChI is InChI=1S/C16H14BrN5O2/c1-9-7-15(22-24-9)21-16(23)13-8-14(19-10(2)18-13)20-12-5-3-11(17)4-6-12/h3-8H,1-2H3,(H,18,19,20)(H,21,22,23). The molecule has 1 aromatic carbocycles. The Hall–Kier alpha value is -2.74. The van der Waals surface area contributed by atoms with Gasteiger partial charge in [0, 0.05) is 22.3 Å². The number of hydrogen-bond acceptors (Lipinski definition) is 6. The van der Waals surface area contributed by atoms with E-state index in [4.69, 9.17) is 4.52 Å². The van der Waals surface area contributed by atoms with Gasteiger partial charge < -0.3 is 15.2 Å². The fourth-order valence-corrected chi connectivity index (χ4v) is 2.30. The Morgan fingerprint density at radius 2 is 1.83 bits per heavy atom. The third-order valence-corrected chi connectivity index (χ3v) is 3.59. The number of benzene rings is 1. The maximum Gasteiger partial charge on any atom is 0.275 e. The van der Waals surface area contributed by atoms with Gasteiger partial charge in [0.15, 0.2) is 5.82 Å². The van der Waals surface area contributed by atoms with Crippen LogP contribution in [0.15, 0.2) is 45.4 Å². The van der Waals surface area contributed by atoms with Crippen LogP contribution < -0.4 is 10.6 Å². The first-order chi connectivity index (χ1) is 11.5. The van der Waals surface area contributed by atoms with Crippen LogP contribution in [0.3, 0.4) is 0 Å². The minimum Gasteiger partial charge on any atom is -0.360 e. The Bertz CT molecular complexity index is 876. The van der Waals surface area contributed by atoms with E-state index in [2.05, 4.69) is 41.7 Å². The van der Waals surface area contributed by atoms with Crippen LogP contribution in [-0.2, 0) is 0 Å². The van der Waals surface area contributed by atoms with E-state index in [1.54, 1.807) is 26.0 Å². The third kappa shape index (κ3) is 3.96. The molecule has 2 heterocycles. The number of carbonyl (C=O) groups excluding carboxylic acids is 1. The summed E-state index contributed by atoms with van der Waals surface area (Å²) in [6.07, 6.45) is 0. The molecule has 0 radical (unpaired) electrons. The van der Waals surface area contributed by atoms with Crippen molar-refractivity contribution >= 4 is 39.2 Å². The summed E-state index contributed by atoms with van der Waals surface area (Å²) >= 11 is 3.39. The minimum absolute atomic E-state index is 0.239. The molecule has 0 bridgehead atoms. The van der Waals surface area contributed by atoms with Crippen LogP contribution in [-0.4, -0.2) is 21.0 Å². The van der Waals surface area contributed by atoms with Crippen molar-refractivity contribution < 1.29 is 9.32 Å². The first-order valence-electron chi connectivity index (χ1n) is 7.12. The molecule has 0 unspecified atom stereocenters. The van der Waals surface area contributed by atoms with Gasteiger partial charge in [-0.2, -0.15) is 0 Å². The monoisotopic (exact) mass is 387 g/mol. The van der Waals surface area contributed by atoms with Crippen LogP contribution in [0.5, 0.6) is 0 Å². The van der Waals surface area contributed by atoms with Crippen molar-refractivity contribution in [1.82, 2.24) is 15.1 Å². The lowest BCUT2D eigenvalue weighted by Crippen LogP contribution is -2.15. The van der Waals surface area contributed by atoms with Gasteiger partial charge in [-0.05, 0) is 38.1 Å². The molecule has 2 N–H and O–H groups in total. The topological polar surface area (TPSA) is 92.9 Å². The fourth-order valence-electron chi connectivity index (χ4n) is 2.03. The first-order valence-corrected chi connectivity index (χ1v) is 7.92. The van der Waals surface area contributed by atoms with E-state index in [9.17, 15) is 4.79 Å². The summed E-state index contributed by atoms with van der Waals surface area (Å²) in [4.78, 5) is 20.8. The number of amides is 1. The molecule has 0 spiro atoms. The maximum atomic E-state index is 12.3. The summed E-state index contributed by atoms with van der Waals surface area (Å²) in [5, 5.41) is 9.52. The SMILES string of the molecule is Cc1nc(Nc2ccc(Br)cc2)cc(C(=O)Nc2cc(C)on2)n1. The van der Waals surface area contributed by atoms with E-state index in [1.807, 2.05) is 24.3 Å². The lowest BCUT2D eigenvalue weighted by molar-refractivity contribution is 0.102. The van der Waals surface area contributed by atoms with Crippen molar-refractivity contribution in [2.24, 2.45) is 0 Å². The normalized spacial score (nSPS) is 10.5. The smallest absolute Gasteiger partial charge is 0.275 e. The zero-order valence-corrected chi connectivity index (χ0v) is 14.6. The van der Waals surface area contributed by atoms with E-state index in [-0.39, 0.29) is 11.6 Å². The van der Waals surface area contributed by atoms with E-state index < -0.39 is 0 Å². The number of hydrogen-bond donors (Lipinski definition) is 2. The Labute approximate surface area is 146 Å². The number of aromatic nitrogens is 3. The number of nitrogens with one attached hydrogen (secondary N) is 2. The van der Waals surface area contributed by atoms with Crippen molar-refractivity contribution in [1.29, 1.82) is 0 Å². The molecule has 24 heavy (non-hydrogen) atoms. The number of anilines is 3. The van der Waals surface area contributed by atoms with Gasteiger partial charge in [0.25, 0.3) is 5.91 Å². The molecule has 0 saturated carbocycles. The second kappa shape index (κ2) is 6.79. The molecule has 3 rings (SSSR count). The molecule has 0 aliphatic rings. The number of carbonyl (C=O) groups is 1. The van der Waals surface area contributed by atoms with Crippen molar-refractivity contribution in [3.63, 3.8) is 0 Å². The Morgan fingerprint density at radius 3 is 2.50 bits per heavy atom. The fraction of sp³-hybridized carbons (Fsp3) is 0.125. The predicted molar refractivity (Wildman–Crippen MR) is 93.4 cm³/mol. The second-order valence-corrected chi connectivity index (χ2v) is 6.01. The number of rotatable bonds is 4. The zero-order chi connectivity index (χ0) is 17.1. The van der Waals surface area contributed by atoms with Gasteiger partial charge in [-0.1, -0.05) is 21.1 Å². The number of halogens is 1. The van der Waals surface area contributed by atoms with Crippen LogP contribution in [0, 0.1) is 13.8 Å². The Balaban J connectivity index is 1.80. The van der Waals surface area contributed by atoms with Crippen LogP contribution >= 0.6 is 15.9 Å². The Morgan fingerprint density at radius 1 is 1.08 bits per heavy atom. The predicted octanol–water partition coefficient (Wildman–Crippen LogP) is 3.84. The van der Waals surface area contributed by atoms with E-state index >= 15 is 0 Å².